The molecule has 0 atom stereocenters. The Kier molecular flexibility index (Phi) is 6.41. The van der Waals surface area contributed by atoms with Crippen molar-refractivity contribution in [2.75, 3.05) is 34.3 Å². The van der Waals surface area contributed by atoms with Gasteiger partial charge in [-0.25, -0.2) is 4.79 Å². The lowest BCUT2D eigenvalue weighted by atomic mass is 10.4. The number of hydrogen-bond acceptors (Lipinski definition) is 5. The van der Waals surface area contributed by atoms with Crippen LogP contribution in [0.15, 0.2) is 0 Å². The Morgan fingerprint density at radius 3 is 2.67 bits per heavy atom. The quantitative estimate of drug-likeness (QED) is 0.369. The summed E-state index contributed by atoms with van der Waals surface area (Å²) in [6.07, 6.45) is 0.127. The molecule has 0 unspecified atom stereocenters. The number of nitrogens with one attached hydrogen (secondary N) is 1. The van der Waals surface area contributed by atoms with E-state index in [0.717, 1.165) is 13.0 Å². The van der Waals surface area contributed by atoms with Crippen molar-refractivity contribution >= 4 is 6.16 Å². The fraction of sp³-hybridized carbons (Fsp3) is 0.857. The van der Waals surface area contributed by atoms with Gasteiger partial charge in [-0.2, -0.15) is 5.48 Å². The largest absolute Gasteiger partial charge is 0.527 e. The second kappa shape index (κ2) is 6.87. The molecule has 0 fully saturated rings. The third kappa shape index (κ3) is 7.30. The van der Waals surface area contributed by atoms with E-state index in [1.165, 1.54) is 7.05 Å². The van der Waals surface area contributed by atoms with Gasteiger partial charge in [0.2, 0.25) is 0 Å². The molecule has 0 aromatic heterocycles. The molecule has 0 heterocycles. The minimum absolute atomic E-state index is 0.388. The first kappa shape index (κ1) is 11.2. The predicted molar refractivity (Wildman–Crippen MR) is 44.7 cm³/mol. The Labute approximate surface area is 72.6 Å². The predicted octanol–water partition coefficient (Wildman–Crippen LogP) is 0.226. The summed E-state index contributed by atoms with van der Waals surface area (Å²) in [7, 11) is 5.43. The van der Waals surface area contributed by atoms with Gasteiger partial charge in [0.15, 0.2) is 0 Å². The van der Waals surface area contributed by atoms with E-state index in [1.54, 1.807) is 0 Å². The molecule has 0 saturated heterocycles. The second-order valence-electron chi connectivity index (χ2n) is 2.56. The molecule has 0 amide bonds. The molecule has 12 heavy (non-hydrogen) atoms. The van der Waals surface area contributed by atoms with E-state index in [9.17, 15) is 4.79 Å². The molecule has 1 N–H and O–H groups in total. The van der Waals surface area contributed by atoms with Crippen LogP contribution in [-0.2, 0) is 9.57 Å². The smallest absolute Gasteiger partial charge is 0.433 e. The van der Waals surface area contributed by atoms with Crippen LogP contribution in [0, 0.1) is 0 Å². The number of carbonyl (C=O) groups is 1. The molecule has 0 aliphatic rings. The van der Waals surface area contributed by atoms with E-state index in [0.29, 0.717) is 6.61 Å². The van der Waals surface area contributed by atoms with Gasteiger partial charge in [0.05, 0.1) is 6.61 Å². The van der Waals surface area contributed by atoms with E-state index in [-0.39, 0.29) is 0 Å². The highest BCUT2D eigenvalue weighted by Crippen LogP contribution is 1.87. The number of hydrogen-bond donors (Lipinski definition) is 1. The Balaban J connectivity index is 3.14. The van der Waals surface area contributed by atoms with E-state index in [2.05, 4.69) is 15.1 Å². The lowest BCUT2D eigenvalue weighted by Crippen LogP contribution is -2.19. The Morgan fingerprint density at radius 1 is 1.50 bits per heavy atom. The van der Waals surface area contributed by atoms with Gasteiger partial charge in [-0.1, -0.05) is 0 Å². The molecule has 5 nitrogen and oxygen atoms in total. The van der Waals surface area contributed by atoms with Crippen LogP contribution < -0.4 is 5.48 Å². The molecule has 0 radical (unpaired) electrons. The van der Waals surface area contributed by atoms with E-state index < -0.39 is 6.16 Å². The van der Waals surface area contributed by atoms with E-state index >= 15 is 0 Å². The van der Waals surface area contributed by atoms with Crippen molar-refractivity contribution in [2.45, 2.75) is 6.42 Å². The Bertz CT molecular complexity index is 128. The third-order valence-electron chi connectivity index (χ3n) is 1.15. The highest BCUT2D eigenvalue weighted by atomic mass is 16.8. The summed E-state index contributed by atoms with van der Waals surface area (Å²) in [5.74, 6) is 0. The molecule has 0 rings (SSSR count). The van der Waals surface area contributed by atoms with Gasteiger partial charge in [-0.05, 0) is 20.5 Å². The zero-order valence-corrected chi connectivity index (χ0v) is 7.79. The molecule has 0 spiro atoms. The number of ether oxygens (including phenoxy) is 1. The average Bonchev–Trinajstić information content (AvgIpc) is 1.98. The first-order valence-electron chi connectivity index (χ1n) is 3.82. The van der Waals surface area contributed by atoms with Crippen LogP contribution in [-0.4, -0.2) is 45.3 Å². The summed E-state index contributed by atoms with van der Waals surface area (Å²) in [5, 5.41) is 0. The molecule has 0 aliphatic carbocycles. The standard InChI is InChI=1S/C7H16N2O3/c1-8-12-7(10)11-6-4-5-9(2)3/h8H,4-6H2,1-3H3. The van der Waals surface area contributed by atoms with Crippen LogP contribution in [0.2, 0.25) is 0 Å². The van der Waals surface area contributed by atoms with Gasteiger partial charge in [0, 0.05) is 13.6 Å². The number of rotatable bonds is 5. The van der Waals surface area contributed by atoms with Crippen LogP contribution >= 0.6 is 0 Å². The van der Waals surface area contributed by atoms with Crippen molar-refractivity contribution in [3.05, 3.63) is 0 Å². The molecule has 0 aliphatic heterocycles. The number of nitrogens with zero attached hydrogens (tertiary/aromatic N) is 1. The van der Waals surface area contributed by atoms with Crippen LogP contribution in [0.1, 0.15) is 6.42 Å². The summed E-state index contributed by atoms with van der Waals surface area (Å²) >= 11 is 0. The molecule has 0 aromatic rings. The van der Waals surface area contributed by atoms with Crippen LogP contribution in [0.3, 0.4) is 0 Å². The molecule has 0 saturated carbocycles. The molecular formula is C7H16N2O3. The average molecular weight is 176 g/mol. The van der Waals surface area contributed by atoms with Crippen molar-refractivity contribution < 1.29 is 14.4 Å². The highest BCUT2D eigenvalue weighted by Gasteiger charge is 2.01. The summed E-state index contributed by atoms with van der Waals surface area (Å²) < 4.78 is 4.68. The van der Waals surface area contributed by atoms with Crippen molar-refractivity contribution in [3.8, 4) is 0 Å². The third-order valence-corrected chi connectivity index (χ3v) is 1.15. The van der Waals surface area contributed by atoms with Gasteiger partial charge in [0.1, 0.15) is 0 Å². The molecule has 5 heteroatoms. The summed E-state index contributed by atoms with van der Waals surface area (Å²) in [5.41, 5.74) is 2.23. The lowest BCUT2D eigenvalue weighted by molar-refractivity contribution is 0.0230. The van der Waals surface area contributed by atoms with Crippen LogP contribution in [0.25, 0.3) is 0 Å². The first-order valence-corrected chi connectivity index (χ1v) is 3.82. The van der Waals surface area contributed by atoms with Gasteiger partial charge in [-0.15, -0.1) is 0 Å². The SMILES string of the molecule is CNOC(=O)OCCCN(C)C. The minimum atomic E-state index is -0.684. The number of carbonyl (C=O) groups excluding carboxylic acids is 1. The van der Waals surface area contributed by atoms with Crippen molar-refractivity contribution in [1.82, 2.24) is 10.4 Å². The van der Waals surface area contributed by atoms with Crippen LogP contribution in [0.4, 0.5) is 4.79 Å². The first-order chi connectivity index (χ1) is 5.66. The monoisotopic (exact) mass is 176 g/mol. The van der Waals surface area contributed by atoms with Crippen molar-refractivity contribution in [3.63, 3.8) is 0 Å². The van der Waals surface area contributed by atoms with Gasteiger partial charge < -0.3 is 14.5 Å². The maximum Gasteiger partial charge on any atom is 0.527 e. The Hall–Kier alpha value is -0.810. The van der Waals surface area contributed by atoms with E-state index in [1.807, 2.05) is 19.0 Å². The van der Waals surface area contributed by atoms with Gasteiger partial charge >= 0.3 is 6.16 Å². The van der Waals surface area contributed by atoms with Gasteiger partial charge in [-0.3, -0.25) is 0 Å². The summed E-state index contributed by atoms with van der Waals surface area (Å²) in [4.78, 5) is 16.9. The van der Waals surface area contributed by atoms with Crippen molar-refractivity contribution in [2.24, 2.45) is 0 Å². The van der Waals surface area contributed by atoms with Crippen molar-refractivity contribution in [1.29, 1.82) is 0 Å². The highest BCUT2D eigenvalue weighted by molar-refractivity contribution is 5.59. The second-order valence-corrected chi connectivity index (χ2v) is 2.56. The minimum Gasteiger partial charge on any atom is -0.433 e. The van der Waals surface area contributed by atoms with Crippen LogP contribution in [0.5, 0.6) is 0 Å². The lowest BCUT2D eigenvalue weighted by Gasteiger charge is -2.08. The summed E-state index contributed by atoms with van der Waals surface area (Å²) in [6, 6.07) is 0. The van der Waals surface area contributed by atoms with E-state index in [4.69, 9.17) is 0 Å². The fourth-order valence-corrected chi connectivity index (χ4v) is 0.649. The zero-order valence-electron chi connectivity index (χ0n) is 7.79. The zero-order chi connectivity index (χ0) is 9.40. The molecule has 72 valence electrons. The maximum absolute atomic E-state index is 10.6. The Morgan fingerprint density at radius 2 is 2.17 bits per heavy atom. The topological polar surface area (TPSA) is 50.8 Å². The molecule has 0 bridgehead atoms. The van der Waals surface area contributed by atoms with Gasteiger partial charge in [0.25, 0.3) is 0 Å². The maximum atomic E-state index is 10.6. The fourth-order valence-electron chi connectivity index (χ4n) is 0.649. The molecular weight excluding hydrogens is 160 g/mol. The normalized spacial score (nSPS) is 10.0. The molecule has 0 aromatic carbocycles. The summed E-state index contributed by atoms with van der Waals surface area (Å²) in [6.45, 7) is 1.28. The number of hydroxylamine groups is 1.